The van der Waals surface area contributed by atoms with Crippen molar-refractivity contribution in [2.24, 2.45) is 0 Å². The molecule has 0 atom stereocenters. The third kappa shape index (κ3) is 3.58. The molecular formula is C18H15F3N2O7S. The van der Waals surface area contributed by atoms with Crippen molar-refractivity contribution in [1.29, 1.82) is 0 Å². The zero-order valence-electron chi connectivity index (χ0n) is 15.8. The number of methoxy groups -OCH3 is 1. The van der Waals surface area contributed by atoms with Gasteiger partial charge in [0.1, 0.15) is 5.56 Å². The van der Waals surface area contributed by atoms with E-state index >= 15 is 0 Å². The fourth-order valence-electron chi connectivity index (χ4n) is 3.39. The molecule has 0 bridgehead atoms. The summed E-state index contributed by atoms with van der Waals surface area (Å²) in [7, 11) is -4.80. The summed E-state index contributed by atoms with van der Waals surface area (Å²) in [6.07, 6.45) is 2.79. The van der Waals surface area contributed by atoms with E-state index in [1.54, 1.807) is 5.01 Å². The lowest BCUT2D eigenvalue weighted by atomic mass is 9.99. The largest absolute Gasteiger partial charge is 0.534 e. The molecule has 0 radical (unpaired) electrons. The Kier molecular flexibility index (Phi) is 4.68. The average molecular weight is 460 g/mol. The Morgan fingerprint density at radius 1 is 1.19 bits per heavy atom. The zero-order valence-corrected chi connectivity index (χ0v) is 16.7. The number of pyridine rings is 1. The molecule has 0 spiro atoms. The number of aromatic nitrogens is 1. The minimum absolute atomic E-state index is 0.0291. The maximum absolute atomic E-state index is 12.8. The first-order chi connectivity index (χ1) is 14.4. The number of nitrogens with zero attached hydrogens (tertiary/aromatic N) is 2. The number of ether oxygens (including phenoxy) is 1. The summed E-state index contributed by atoms with van der Waals surface area (Å²) in [4.78, 5) is 23.7. The van der Waals surface area contributed by atoms with Gasteiger partial charge in [-0.15, -0.1) is 0 Å². The number of aromatic carboxylic acids is 1. The van der Waals surface area contributed by atoms with Gasteiger partial charge < -0.3 is 19.0 Å². The van der Waals surface area contributed by atoms with Gasteiger partial charge in [-0.2, -0.15) is 21.6 Å². The van der Waals surface area contributed by atoms with E-state index in [1.807, 2.05) is 0 Å². The van der Waals surface area contributed by atoms with E-state index in [0.29, 0.717) is 16.8 Å². The minimum Gasteiger partial charge on any atom is -0.493 e. The van der Waals surface area contributed by atoms with E-state index in [4.69, 9.17) is 4.74 Å². The molecule has 0 unspecified atom stereocenters. The first-order valence-corrected chi connectivity index (χ1v) is 10.3. The van der Waals surface area contributed by atoms with Crippen molar-refractivity contribution >= 4 is 16.1 Å². The first-order valence-electron chi connectivity index (χ1n) is 8.92. The van der Waals surface area contributed by atoms with Gasteiger partial charge in [-0.05, 0) is 30.5 Å². The lowest BCUT2D eigenvalue weighted by Crippen LogP contribution is -2.41. The standard InChI is InChI=1S/C18H15F3N2O7S/c1-29-15-5-11-9(4-16(15)30-31(27,28)18(19,20)21)7-22(10-2-3-10)23-8-12(17(25)26)14(24)6-13(11)23/h4-6,8,10H,2-3,7H2,1H3,(H,25,26). The molecule has 0 saturated heterocycles. The second-order valence-corrected chi connectivity index (χ2v) is 8.60. The van der Waals surface area contributed by atoms with E-state index < -0.39 is 38.3 Å². The molecule has 1 aliphatic carbocycles. The number of hydrogen-bond donors (Lipinski definition) is 1. The summed E-state index contributed by atoms with van der Waals surface area (Å²) in [5.41, 5.74) is -5.74. The highest BCUT2D eigenvalue weighted by atomic mass is 32.2. The summed E-state index contributed by atoms with van der Waals surface area (Å²) in [5.74, 6) is -2.33. The number of fused-ring (bicyclic) bond motifs is 3. The predicted molar refractivity (Wildman–Crippen MR) is 100 cm³/mol. The van der Waals surface area contributed by atoms with Crippen molar-refractivity contribution in [3.05, 3.63) is 45.7 Å². The van der Waals surface area contributed by atoms with Crippen LogP contribution in [0.5, 0.6) is 11.5 Å². The van der Waals surface area contributed by atoms with Gasteiger partial charge in [0.2, 0.25) is 0 Å². The van der Waals surface area contributed by atoms with E-state index in [9.17, 15) is 36.3 Å². The molecule has 1 aromatic heterocycles. The van der Waals surface area contributed by atoms with Crippen LogP contribution >= 0.6 is 0 Å². The number of benzene rings is 1. The number of alkyl halides is 3. The molecule has 1 aromatic carbocycles. The summed E-state index contributed by atoms with van der Waals surface area (Å²) in [5, 5.41) is 11.0. The number of carboxylic acids is 1. The van der Waals surface area contributed by atoms with E-state index in [1.165, 1.54) is 16.9 Å². The lowest BCUT2D eigenvalue weighted by Gasteiger charge is -2.35. The Bertz CT molecular complexity index is 1250. The molecule has 4 rings (SSSR count). The van der Waals surface area contributed by atoms with Crippen LogP contribution in [-0.2, 0) is 16.7 Å². The van der Waals surface area contributed by atoms with Crippen LogP contribution in [0.4, 0.5) is 13.2 Å². The second kappa shape index (κ2) is 6.90. The number of halogens is 3. The highest BCUT2D eigenvalue weighted by Crippen LogP contribution is 2.42. The maximum atomic E-state index is 12.8. The van der Waals surface area contributed by atoms with Crippen molar-refractivity contribution < 1.29 is 40.4 Å². The summed E-state index contributed by atoms with van der Waals surface area (Å²) < 4.78 is 72.1. The SMILES string of the molecule is COc1cc2c(cc1OS(=O)(=O)C(F)(F)F)CN(C1CC1)n1cc(C(=O)O)c(=O)cc1-2. The lowest BCUT2D eigenvalue weighted by molar-refractivity contribution is -0.0500. The third-order valence-electron chi connectivity index (χ3n) is 4.99. The van der Waals surface area contributed by atoms with Gasteiger partial charge in [-0.25, -0.2) is 4.79 Å². The highest BCUT2D eigenvalue weighted by molar-refractivity contribution is 7.88. The van der Waals surface area contributed by atoms with Crippen molar-refractivity contribution in [1.82, 2.24) is 4.68 Å². The van der Waals surface area contributed by atoms with Crippen LogP contribution in [0.2, 0.25) is 0 Å². The van der Waals surface area contributed by atoms with Gasteiger partial charge in [-0.1, -0.05) is 0 Å². The molecule has 2 heterocycles. The van der Waals surface area contributed by atoms with Crippen molar-refractivity contribution in [2.45, 2.75) is 30.9 Å². The van der Waals surface area contributed by atoms with Crippen LogP contribution in [0, 0.1) is 0 Å². The molecule has 9 nitrogen and oxygen atoms in total. The van der Waals surface area contributed by atoms with Gasteiger partial charge >= 0.3 is 21.6 Å². The Balaban J connectivity index is 1.89. The monoisotopic (exact) mass is 460 g/mol. The molecule has 2 aliphatic rings. The summed E-state index contributed by atoms with van der Waals surface area (Å²) >= 11 is 0. The molecule has 0 amide bonds. The Hall–Kier alpha value is -3.22. The Labute approximate surface area is 173 Å². The van der Waals surface area contributed by atoms with Crippen molar-refractivity contribution in [3.63, 3.8) is 0 Å². The molecule has 1 saturated carbocycles. The molecule has 166 valence electrons. The molecule has 1 N–H and O–H groups in total. The molecule has 1 fully saturated rings. The van der Waals surface area contributed by atoms with Gasteiger partial charge in [0.25, 0.3) is 0 Å². The smallest absolute Gasteiger partial charge is 0.493 e. The Morgan fingerprint density at radius 3 is 2.42 bits per heavy atom. The first kappa shape index (κ1) is 21.0. The number of rotatable bonds is 5. The predicted octanol–water partition coefficient (Wildman–Crippen LogP) is 2.06. The maximum Gasteiger partial charge on any atom is 0.534 e. The minimum atomic E-state index is -5.92. The summed E-state index contributed by atoms with van der Waals surface area (Å²) in [6, 6.07) is 3.52. The van der Waals surface area contributed by atoms with Gasteiger partial charge in [0.15, 0.2) is 16.9 Å². The number of hydrogen-bond acceptors (Lipinski definition) is 7. The summed E-state index contributed by atoms with van der Waals surface area (Å²) in [6.45, 7) is 0.126. The molecule has 13 heteroatoms. The topological polar surface area (TPSA) is 115 Å². The molecule has 2 aromatic rings. The fraction of sp³-hybridized carbons (Fsp3) is 0.333. The van der Waals surface area contributed by atoms with Crippen LogP contribution in [0.1, 0.15) is 28.8 Å². The van der Waals surface area contributed by atoms with E-state index in [-0.39, 0.29) is 18.3 Å². The number of carboxylic acid groups (broad SMARTS) is 1. The van der Waals surface area contributed by atoms with Crippen LogP contribution in [-0.4, -0.2) is 42.8 Å². The van der Waals surface area contributed by atoms with Gasteiger partial charge in [0, 0.05) is 23.9 Å². The van der Waals surface area contributed by atoms with Crippen molar-refractivity contribution in [2.75, 3.05) is 12.1 Å². The second-order valence-electron chi connectivity index (χ2n) is 7.06. The van der Waals surface area contributed by atoms with Crippen LogP contribution in [0.3, 0.4) is 0 Å². The highest BCUT2D eigenvalue weighted by Gasteiger charge is 2.49. The Morgan fingerprint density at radius 2 is 1.87 bits per heavy atom. The van der Waals surface area contributed by atoms with Crippen LogP contribution in [0.25, 0.3) is 11.3 Å². The average Bonchev–Trinajstić information content (AvgIpc) is 3.50. The number of carbonyl (C=O) groups is 1. The van der Waals surface area contributed by atoms with Crippen molar-refractivity contribution in [3.8, 4) is 22.8 Å². The molecule has 31 heavy (non-hydrogen) atoms. The van der Waals surface area contributed by atoms with Crippen LogP contribution in [0.15, 0.2) is 29.2 Å². The molecule has 1 aliphatic heterocycles. The third-order valence-corrected chi connectivity index (χ3v) is 5.95. The van der Waals surface area contributed by atoms with Crippen LogP contribution < -0.4 is 19.4 Å². The van der Waals surface area contributed by atoms with E-state index in [0.717, 1.165) is 32.1 Å². The van der Waals surface area contributed by atoms with E-state index in [2.05, 4.69) is 4.18 Å². The molecular weight excluding hydrogens is 445 g/mol. The quantitative estimate of drug-likeness (QED) is 0.533. The zero-order chi connectivity index (χ0) is 22.7. The normalized spacial score (nSPS) is 15.8. The fourth-order valence-corrected chi connectivity index (χ4v) is 3.85. The van der Waals surface area contributed by atoms with Gasteiger partial charge in [-0.3, -0.25) is 9.47 Å². The van der Waals surface area contributed by atoms with Gasteiger partial charge in [0.05, 0.1) is 19.3 Å².